The van der Waals surface area contributed by atoms with E-state index in [-0.39, 0.29) is 22.5 Å². The van der Waals surface area contributed by atoms with Crippen LogP contribution in [0.1, 0.15) is 41.7 Å². The lowest BCUT2D eigenvalue weighted by Crippen LogP contribution is -2.07. The summed E-state index contributed by atoms with van der Waals surface area (Å²) in [5.74, 6) is -5.12. The fourth-order valence-electron chi connectivity index (χ4n) is 3.67. The number of carboxylic acids is 4. The molecule has 0 saturated heterocycles. The van der Waals surface area contributed by atoms with Crippen molar-refractivity contribution in [3.8, 4) is 33.4 Å². The van der Waals surface area contributed by atoms with Gasteiger partial charge < -0.3 is 20.4 Å². The van der Waals surface area contributed by atoms with E-state index < -0.39 is 23.9 Å². The van der Waals surface area contributed by atoms with Gasteiger partial charge in [0.1, 0.15) is 11.4 Å². The normalized spacial score (nSPS) is 10.6. The van der Waals surface area contributed by atoms with Crippen LogP contribution in [0.3, 0.4) is 0 Å². The van der Waals surface area contributed by atoms with Crippen molar-refractivity contribution >= 4 is 23.9 Å². The maximum atomic E-state index is 11.4. The molecule has 4 N–H and O–H groups in total. The number of carbonyl (C=O) groups is 4. The lowest BCUT2D eigenvalue weighted by molar-refractivity contribution is 0.0669. The van der Waals surface area contributed by atoms with Crippen molar-refractivity contribution < 1.29 is 39.6 Å². The Kier molecular flexibility index (Phi) is 6.30. The number of rotatable bonds is 7. The quantitative estimate of drug-likeness (QED) is 0.287. The molecule has 0 saturated carbocycles. The van der Waals surface area contributed by atoms with Gasteiger partial charge in [0.05, 0.1) is 11.1 Å². The van der Waals surface area contributed by atoms with Crippen molar-refractivity contribution in [1.29, 1.82) is 0 Å². The second-order valence-corrected chi connectivity index (χ2v) is 7.80. The Morgan fingerprint density at radius 2 is 0.722 bits per heavy atom. The SMILES string of the molecule is O=C(O)c1cc(C(=O)O)cc(-c2ccc(-c3ccc(-c4cc(C(=O)O)nc(C(=O)O)c4)cc3)cc2)c1. The number of aromatic carboxylic acids is 4. The molecule has 9 nitrogen and oxygen atoms in total. The third-order valence-corrected chi connectivity index (χ3v) is 5.46. The first-order valence-electron chi connectivity index (χ1n) is 10.4. The summed E-state index contributed by atoms with van der Waals surface area (Å²) in [5, 5.41) is 37.0. The third-order valence-electron chi connectivity index (χ3n) is 5.46. The van der Waals surface area contributed by atoms with Gasteiger partial charge in [0, 0.05) is 0 Å². The highest BCUT2D eigenvalue weighted by molar-refractivity contribution is 5.96. The minimum Gasteiger partial charge on any atom is -0.478 e. The topological polar surface area (TPSA) is 162 Å². The van der Waals surface area contributed by atoms with Gasteiger partial charge in [-0.2, -0.15) is 0 Å². The molecule has 0 fully saturated rings. The predicted octanol–water partition coefficient (Wildman–Crippen LogP) is 4.88. The second kappa shape index (κ2) is 9.51. The first-order chi connectivity index (χ1) is 17.1. The second-order valence-electron chi connectivity index (χ2n) is 7.80. The van der Waals surface area contributed by atoms with E-state index in [2.05, 4.69) is 4.98 Å². The Hall–Kier alpha value is -5.31. The van der Waals surface area contributed by atoms with E-state index in [0.717, 1.165) is 17.2 Å². The molecule has 1 heterocycles. The van der Waals surface area contributed by atoms with Gasteiger partial charge in [0.25, 0.3) is 0 Å². The smallest absolute Gasteiger partial charge is 0.354 e. The predicted molar refractivity (Wildman–Crippen MR) is 128 cm³/mol. The van der Waals surface area contributed by atoms with Crippen LogP contribution in [0.4, 0.5) is 0 Å². The standard InChI is InChI=1S/C27H17NO8/c29-24(30)20-9-18(10-21(11-20)25(31)32)16-5-1-14(2-6-16)15-3-7-17(8-4-15)19-12-22(26(33)34)28-23(13-19)27(35)36/h1-13H,(H,29,30)(H,31,32)(H,33,34)(H,35,36). The summed E-state index contributed by atoms with van der Waals surface area (Å²) in [6, 6.07) is 20.7. The summed E-state index contributed by atoms with van der Waals surface area (Å²) < 4.78 is 0. The number of pyridine rings is 1. The van der Waals surface area contributed by atoms with Gasteiger partial charge >= 0.3 is 23.9 Å². The molecular weight excluding hydrogens is 466 g/mol. The molecule has 0 aliphatic carbocycles. The summed E-state index contributed by atoms with van der Waals surface area (Å²) in [6.07, 6.45) is 0. The molecule has 4 rings (SSSR count). The molecular formula is C27H17NO8. The Bertz CT molecular complexity index is 1340. The number of nitrogens with zero attached hydrogens (tertiary/aromatic N) is 1. The van der Waals surface area contributed by atoms with Crippen molar-refractivity contribution in [3.05, 3.63) is 101 Å². The fraction of sp³-hybridized carbons (Fsp3) is 0. The zero-order chi connectivity index (χ0) is 26.0. The van der Waals surface area contributed by atoms with E-state index in [9.17, 15) is 39.6 Å². The highest BCUT2D eigenvalue weighted by Gasteiger charge is 2.15. The Labute approximate surface area is 203 Å². The summed E-state index contributed by atoms with van der Waals surface area (Å²) >= 11 is 0. The van der Waals surface area contributed by atoms with Gasteiger partial charge in [-0.1, -0.05) is 48.5 Å². The average Bonchev–Trinajstić information content (AvgIpc) is 2.88. The van der Waals surface area contributed by atoms with Gasteiger partial charge in [0.15, 0.2) is 0 Å². The molecule has 0 amide bonds. The molecule has 4 aromatic rings. The van der Waals surface area contributed by atoms with Crippen LogP contribution in [0, 0.1) is 0 Å². The third kappa shape index (κ3) is 4.95. The molecule has 0 radical (unpaired) electrons. The summed E-state index contributed by atoms with van der Waals surface area (Å²) in [4.78, 5) is 49.0. The van der Waals surface area contributed by atoms with Gasteiger partial charge in [-0.3, -0.25) is 0 Å². The molecule has 1 aromatic heterocycles. The van der Waals surface area contributed by atoms with Crippen molar-refractivity contribution in [2.45, 2.75) is 0 Å². The molecule has 178 valence electrons. The number of hydrogen-bond donors (Lipinski definition) is 4. The molecule has 3 aromatic carbocycles. The van der Waals surface area contributed by atoms with E-state index in [1.165, 1.54) is 24.3 Å². The molecule has 36 heavy (non-hydrogen) atoms. The average molecular weight is 483 g/mol. The van der Waals surface area contributed by atoms with Crippen molar-refractivity contribution in [2.75, 3.05) is 0 Å². The Morgan fingerprint density at radius 1 is 0.417 bits per heavy atom. The highest BCUT2D eigenvalue weighted by atomic mass is 16.4. The lowest BCUT2D eigenvalue weighted by atomic mass is 9.96. The molecule has 9 heteroatoms. The minimum absolute atomic E-state index is 0.127. The van der Waals surface area contributed by atoms with Gasteiger partial charge in [0.2, 0.25) is 0 Å². The van der Waals surface area contributed by atoms with E-state index in [1.54, 1.807) is 48.5 Å². The minimum atomic E-state index is -1.33. The Morgan fingerprint density at radius 3 is 1.03 bits per heavy atom. The van der Waals surface area contributed by atoms with Crippen molar-refractivity contribution in [3.63, 3.8) is 0 Å². The molecule has 0 unspecified atom stereocenters. The highest BCUT2D eigenvalue weighted by Crippen LogP contribution is 2.29. The van der Waals surface area contributed by atoms with Crippen LogP contribution in [-0.2, 0) is 0 Å². The molecule has 0 aliphatic heterocycles. The van der Waals surface area contributed by atoms with E-state index >= 15 is 0 Å². The summed E-state index contributed by atoms with van der Waals surface area (Å²) in [6.45, 7) is 0. The zero-order valence-electron chi connectivity index (χ0n) is 18.4. The van der Waals surface area contributed by atoms with Crippen LogP contribution in [0.5, 0.6) is 0 Å². The number of hydrogen-bond acceptors (Lipinski definition) is 5. The van der Waals surface area contributed by atoms with Crippen molar-refractivity contribution in [2.24, 2.45) is 0 Å². The number of aromatic nitrogens is 1. The zero-order valence-corrected chi connectivity index (χ0v) is 18.4. The van der Waals surface area contributed by atoms with Gasteiger partial charge in [-0.25, -0.2) is 24.2 Å². The Balaban J connectivity index is 1.64. The van der Waals surface area contributed by atoms with Crippen LogP contribution in [-0.4, -0.2) is 49.3 Å². The largest absolute Gasteiger partial charge is 0.478 e. The van der Waals surface area contributed by atoms with E-state index in [0.29, 0.717) is 22.3 Å². The molecule has 0 spiro atoms. The lowest BCUT2D eigenvalue weighted by Gasteiger charge is -2.09. The molecule has 0 aliphatic rings. The van der Waals surface area contributed by atoms with Crippen LogP contribution in [0.15, 0.2) is 78.9 Å². The van der Waals surface area contributed by atoms with E-state index in [1.807, 2.05) is 0 Å². The summed E-state index contributed by atoms with van der Waals surface area (Å²) in [5.41, 5.74) is 2.74. The van der Waals surface area contributed by atoms with Crippen LogP contribution >= 0.6 is 0 Å². The van der Waals surface area contributed by atoms with Crippen LogP contribution in [0.25, 0.3) is 33.4 Å². The van der Waals surface area contributed by atoms with E-state index in [4.69, 9.17) is 0 Å². The number of carboxylic acid groups (broad SMARTS) is 4. The fourth-order valence-corrected chi connectivity index (χ4v) is 3.67. The van der Waals surface area contributed by atoms with Crippen LogP contribution < -0.4 is 0 Å². The first-order valence-corrected chi connectivity index (χ1v) is 10.4. The number of benzene rings is 3. The van der Waals surface area contributed by atoms with Gasteiger partial charge in [-0.15, -0.1) is 0 Å². The monoisotopic (exact) mass is 483 g/mol. The van der Waals surface area contributed by atoms with Gasteiger partial charge in [-0.05, 0) is 63.7 Å². The molecule has 0 atom stereocenters. The van der Waals surface area contributed by atoms with Crippen LogP contribution in [0.2, 0.25) is 0 Å². The molecule has 0 bridgehead atoms. The van der Waals surface area contributed by atoms with Crippen molar-refractivity contribution in [1.82, 2.24) is 4.98 Å². The first kappa shape index (κ1) is 23.8. The maximum absolute atomic E-state index is 11.4. The summed E-state index contributed by atoms with van der Waals surface area (Å²) in [7, 11) is 0. The maximum Gasteiger partial charge on any atom is 0.354 e.